The van der Waals surface area contributed by atoms with Gasteiger partial charge in [0.1, 0.15) is 5.54 Å². The second-order valence-corrected chi connectivity index (χ2v) is 5.58. The number of nitrogens with zero attached hydrogens (tertiary/aromatic N) is 2. The fourth-order valence-corrected chi connectivity index (χ4v) is 3.13. The molecule has 0 aromatic carbocycles. The average Bonchev–Trinajstić information content (AvgIpc) is 2.86. The third-order valence-corrected chi connectivity index (χ3v) is 4.01. The Hall–Kier alpha value is -1.36. The van der Waals surface area contributed by atoms with E-state index in [1.807, 2.05) is 31.6 Å². The number of rotatable bonds is 5. The molecular formula is C15H25N3O2. The molecule has 1 aromatic rings. The number of ether oxygens (including phenoxy) is 1. The summed E-state index contributed by atoms with van der Waals surface area (Å²) in [5.41, 5.74) is 0.605. The summed E-state index contributed by atoms with van der Waals surface area (Å²) in [6.07, 6.45) is 7.59. The predicted molar refractivity (Wildman–Crippen MR) is 77.5 cm³/mol. The number of hydrogen-bond acceptors (Lipinski definition) is 4. The molecule has 0 spiro atoms. The average molecular weight is 279 g/mol. The number of aromatic nitrogens is 2. The van der Waals surface area contributed by atoms with Gasteiger partial charge in [0.15, 0.2) is 0 Å². The largest absolute Gasteiger partial charge is 0.465 e. The van der Waals surface area contributed by atoms with Crippen molar-refractivity contribution in [2.45, 2.75) is 58.0 Å². The number of hydrogen-bond donors (Lipinski definition) is 1. The minimum absolute atomic E-state index is 0.115. The van der Waals surface area contributed by atoms with E-state index >= 15 is 0 Å². The summed E-state index contributed by atoms with van der Waals surface area (Å²) in [7, 11) is 0. The number of aryl methyl sites for hydroxylation is 1. The normalized spacial score (nSPS) is 26.4. The lowest BCUT2D eigenvalue weighted by Gasteiger charge is -2.39. The molecule has 0 bridgehead atoms. The maximum Gasteiger partial charge on any atom is 0.326 e. The van der Waals surface area contributed by atoms with Gasteiger partial charge in [-0.05, 0) is 51.6 Å². The first-order valence-corrected chi connectivity index (χ1v) is 7.54. The molecule has 0 aliphatic heterocycles. The van der Waals surface area contributed by atoms with Crippen LogP contribution in [0.3, 0.4) is 0 Å². The Labute approximate surface area is 120 Å². The molecule has 1 aliphatic carbocycles. The molecule has 112 valence electrons. The fraction of sp³-hybridized carbons (Fsp3) is 0.733. The van der Waals surface area contributed by atoms with Crippen molar-refractivity contribution in [1.29, 1.82) is 0 Å². The van der Waals surface area contributed by atoms with Crippen LogP contribution in [-0.4, -0.2) is 34.4 Å². The molecule has 1 aliphatic rings. The minimum atomic E-state index is -0.548. The van der Waals surface area contributed by atoms with Gasteiger partial charge in [0, 0.05) is 6.20 Å². The number of carbonyl (C=O) groups is 1. The molecule has 1 saturated carbocycles. The maximum absolute atomic E-state index is 12.4. The monoisotopic (exact) mass is 279 g/mol. The maximum atomic E-state index is 12.4. The third kappa shape index (κ3) is 3.03. The second kappa shape index (κ2) is 6.39. The Morgan fingerprint density at radius 1 is 1.60 bits per heavy atom. The summed E-state index contributed by atoms with van der Waals surface area (Å²) in [5, 5.41) is 7.78. The van der Waals surface area contributed by atoms with Gasteiger partial charge in [0.25, 0.3) is 0 Å². The van der Waals surface area contributed by atoms with Gasteiger partial charge < -0.3 is 10.1 Å². The van der Waals surface area contributed by atoms with E-state index in [1.165, 1.54) is 0 Å². The highest BCUT2D eigenvalue weighted by atomic mass is 16.5. The van der Waals surface area contributed by atoms with Gasteiger partial charge in [-0.3, -0.25) is 9.48 Å². The molecule has 1 heterocycles. The van der Waals surface area contributed by atoms with Crippen LogP contribution < -0.4 is 5.32 Å². The van der Waals surface area contributed by atoms with E-state index in [0.29, 0.717) is 6.61 Å². The van der Waals surface area contributed by atoms with Crippen LogP contribution in [0.1, 0.15) is 51.1 Å². The van der Waals surface area contributed by atoms with Crippen molar-refractivity contribution in [2.24, 2.45) is 0 Å². The van der Waals surface area contributed by atoms with Crippen LogP contribution in [-0.2, 0) is 9.53 Å². The molecule has 0 radical (unpaired) electrons. The standard InChI is InChI=1S/C15H25N3O2/c1-4-16-15(14(19)20-5-2)8-6-7-13(9-15)18-11-12(3)10-17-18/h10-11,13,16H,4-9H2,1-3H3. The van der Waals surface area contributed by atoms with Crippen LogP contribution >= 0.6 is 0 Å². The van der Waals surface area contributed by atoms with Crippen molar-refractivity contribution in [3.8, 4) is 0 Å². The lowest BCUT2D eigenvalue weighted by atomic mass is 9.78. The van der Waals surface area contributed by atoms with E-state index in [1.54, 1.807) is 0 Å². The highest BCUT2D eigenvalue weighted by Gasteiger charge is 2.44. The first-order valence-electron chi connectivity index (χ1n) is 7.54. The minimum Gasteiger partial charge on any atom is -0.465 e. The van der Waals surface area contributed by atoms with E-state index in [0.717, 1.165) is 37.8 Å². The molecule has 2 atom stereocenters. The first-order chi connectivity index (χ1) is 9.61. The Morgan fingerprint density at radius 2 is 2.40 bits per heavy atom. The summed E-state index contributed by atoms with van der Waals surface area (Å²) < 4.78 is 7.30. The van der Waals surface area contributed by atoms with Crippen LogP contribution in [0.2, 0.25) is 0 Å². The van der Waals surface area contributed by atoms with Gasteiger partial charge in [-0.1, -0.05) is 6.92 Å². The Bertz CT molecular complexity index is 454. The van der Waals surface area contributed by atoms with Gasteiger partial charge in [-0.2, -0.15) is 5.10 Å². The van der Waals surface area contributed by atoms with E-state index < -0.39 is 5.54 Å². The molecule has 5 heteroatoms. The number of likely N-dealkylation sites (N-methyl/N-ethyl adjacent to an activating group) is 1. The molecule has 20 heavy (non-hydrogen) atoms. The SMILES string of the molecule is CCNC1(C(=O)OCC)CCCC(n2cc(C)cn2)C1. The highest BCUT2D eigenvalue weighted by molar-refractivity contribution is 5.81. The topological polar surface area (TPSA) is 56.1 Å². The first kappa shape index (κ1) is 15.0. The molecule has 1 N–H and O–H groups in total. The summed E-state index contributed by atoms with van der Waals surface area (Å²) in [5.74, 6) is -0.115. The van der Waals surface area contributed by atoms with Gasteiger partial charge >= 0.3 is 5.97 Å². The van der Waals surface area contributed by atoms with E-state index in [9.17, 15) is 4.79 Å². The molecule has 1 fully saturated rings. The summed E-state index contributed by atoms with van der Waals surface area (Å²) in [4.78, 5) is 12.4. The van der Waals surface area contributed by atoms with Crippen molar-refractivity contribution in [1.82, 2.24) is 15.1 Å². The quantitative estimate of drug-likeness (QED) is 0.840. The highest BCUT2D eigenvalue weighted by Crippen LogP contribution is 2.36. The van der Waals surface area contributed by atoms with Crippen LogP contribution in [0.4, 0.5) is 0 Å². The zero-order valence-electron chi connectivity index (χ0n) is 12.7. The third-order valence-electron chi connectivity index (χ3n) is 4.01. The molecule has 2 unspecified atom stereocenters. The fourth-order valence-electron chi connectivity index (χ4n) is 3.13. The summed E-state index contributed by atoms with van der Waals surface area (Å²) in [6, 6.07) is 0.265. The summed E-state index contributed by atoms with van der Waals surface area (Å²) in [6.45, 7) is 7.12. The van der Waals surface area contributed by atoms with Crippen LogP contribution in [0.15, 0.2) is 12.4 Å². The predicted octanol–water partition coefficient (Wildman–Crippen LogP) is 2.22. The molecule has 1 aromatic heterocycles. The van der Waals surface area contributed by atoms with Crippen molar-refractivity contribution in [3.05, 3.63) is 18.0 Å². The Balaban J connectivity index is 2.18. The molecule has 0 amide bonds. The van der Waals surface area contributed by atoms with Gasteiger partial charge in [0.05, 0.1) is 18.8 Å². The van der Waals surface area contributed by atoms with Gasteiger partial charge in [0.2, 0.25) is 0 Å². The van der Waals surface area contributed by atoms with E-state index in [2.05, 4.69) is 16.6 Å². The number of carbonyl (C=O) groups excluding carboxylic acids is 1. The molecule has 2 rings (SSSR count). The Morgan fingerprint density at radius 3 is 3.00 bits per heavy atom. The Kier molecular flexibility index (Phi) is 4.81. The number of esters is 1. The van der Waals surface area contributed by atoms with Crippen LogP contribution in [0, 0.1) is 6.92 Å². The van der Waals surface area contributed by atoms with Gasteiger partial charge in [-0.15, -0.1) is 0 Å². The van der Waals surface area contributed by atoms with E-state index in [-0.39, 0.29) is 12.0 Å². The molecule has 0 saturated heterocycles. The van der Waals surface area contributed by atoms with Crippen LogP contribution in [0.25, 0.3) is 0 Å². The van der Waals surface area contributed by atoms with Crippen LogP contribution in [0.5, 0.6) is 0 Å². The summed E-state index contributed by atoms with van der Waals surface area (Å²) >= 11 is 0. The number of nitrogens with one attached hydrogen (secondary N) is 1. The van der Waals surface area contributed by atoms with Crippen molar-refractivity contribution >= 4 is 5.97 Å². The van der Waals surface area contributed by atoms with Crippen molar-refractivity contribution in [3.63, 3.8) is 0 Å². The van der Waals surface area contributed by atoms with Crippen molar-refractivity contribution < 1.29 is 9.53 Å². The lowest BCUT2D eigenvalue weighted by Crippen LogP contribution is -2.55. The molecular weight excluding hydrogens is 254 g/mol. The van der Waals surface area contributed by atoms with Crippen molar-refractivity contribution in [2.75, 3.05) is 13.2 Å². The molecule has 5 nitrogen and oxygen atoms in total. The smallest absolute Gasteiger partial charge is 0.326 e. The lowest BCUT2D eigenvalue weighted by molar-refractivity contribution is -0.153. The zero-order chi connectivity index (χ0) is 14.6. The second-order valence-electron chi connectivity index (χ2n) is 5.58. The zero-order valence-corrected chi connectivity index (χ0v) is 12.7. The van der Waals surface area contributed by atoms with E-state index in [4.69, 9.17) is 4.74 Å². The van der Waals surface area contributed by atoms with Gasteiger partial charge in [-0.25, -0.2) is 0 Å².